The molecule has 4 fully saturated rings. The van der Waals surface area contributed by atoms with E-state index in [1.807, 2.05) is 6.07 Å². The molecule has 2 atom stereocenters. The van der Waals surface area contributed by atoms with E-state index in [2.05, 4.69) is 10.2 Å². The highest BCUT2D eigenvalue weighted by Gasteiger charge is 2.51. The minimum Gasteiger partial charge on any atom is -0.399 e. The Balaban J connectivity index is 1.27. The first-order valence-electron chi connectivity index (χ1n) is 9.21. The fourth-order valence-corrected chi connectivity index (χ4v) is 5.77. The van der Waals surface area contributed by atoms with E-state index in [-0.39, 0.29) is 23.9 Å². The first-order valence-corrected chi connectivity index (χ1v) is 9.21. The van der Waals surface area contributed by atoms with Crippen LogP contribution >= 0.6 is 0 Å². The SMILES string of the molecule is Nc1ccc2c(c1)CN(CC(=O)NC13CC4CC(CN(C4)C1)C3)C2=O. The lowest BCUT2D eigenvalue weighted by Crippen LogP contribution is -2.69. The Labute approximate surface area is 147 Å². The quantitative estimate of drug-likeness (QED) is 0.799. The van der Waals surface area contributed by atoms with Crippen LogP contribution in [0.15, 0.2) is 18.2 Å². The average Bonchev–Trinajstić information content (AvgIpc) is 2.80. The first-order chi connectivity index (χ1) is 12.0. The van der Waals surface area contributed by atoms with E-state index < -0.39 is 0 Å². The van der Waals surface area contributed by atoms with Gasteiger partial charge in [-0.05, 0) is 54.9 Å². The second kappa shape index (κ2) is 5.21. The normalized spacial score (nSPS) is 35.1. The van der Waals surface area contributed by atoms with E-state index >= 15 is 0 Å². The topological polar surface area (TPSA) is 78.7 Å². The Morgan fingerprint density at radius 2 is 2.04 bits per heavy atom. The van der Waals surface area contributed by atoms with Crippen LogP contribution in [-0.2, 0) is 11.3 Å². The number of fused-ring (bicyclic) bond motifs is 1. The van der Waals surface area contributed by atoms with Crippen LogP contribution in [0.5, 0.6) is 0 Å². The van der Waals surface area contributed by atoms with Gasteiger partial charge in [0.25, 0.3) is 5.91 Å². The lowest BCUT2D eigenvalue weighted by molar-refractivity contribution is -0.128. The smallest absolute Gasteiger partial charge is 0.254 e. The van der Waals surface area contributed by atoms with Crippen molar-refractivity contribution in [2.45, 2.75) is 31.3 Å². The molecule has 0 spiro atoms. The highest BCUT2D eigenvalue weighted by molar-refractivity contribution is 6.00. The van der Waals surface area contributed by atoms with Crippen molar-refractivity contribution in [2.24, 2.45) is 11.8 Å². The summed E-state index contributed by atoms with van der Waals surface area (Å²) in [6, 6.07) is 5.33. The third-order valence-corrected chi connectivity index (χ3v) is 6.33. The monoisotopic (exact) mass is 340 g/mol. The molecule has 4 aliphatic heterocycles. The number of carbonyl (C=O) groups excluding carboxylic acids is 2. The summed E-state index contributed by atoms with van der Waals surface area (Å²) in [6.07, 6.45) is 3.50. The van der Waals surface area contributed by atoms with E-state index in [0.29, 0.717) is 17.8 Å². The number of rotatable bonds is 3. The highest BCUT2D eigenvalue weighted by Crippen LogP contribution is 2.45. The maximum absolute atomic E-state index is 12.7. The second-order valence-electron chi connectivity index (χ2n) is 8.48. The molecule has 4 bridgehead atoms. The molecular formula is C19H24N4O2. The van der Waals surface area contributed by atoms with Crippen molar-refractivity contribution >= 4 is 17.5 Å². The van der Waals surface area contributed by atoms with Crippen molar-refractivity contribution < 1.29 is 9.59 Å². The Morgan fingerprint density at radius 1 is 1.28 bits per heavy atom. The van der Waals surface area contributed by atoms with Crippen molar-refractivity contribution in [3.8, 4) is 0 Å². The van der Waals surface area contributed by atoms with Gasteiger partial charge in [0, 0.05) is 37.4 Å². The molecule has 6 nitrogen and oxygen atoms in total. The van der Waals surface area contributed by atoms with Crippen LogP contribution in [0.3, 0.4) is 0 Å². The predicted octanol–water partition coefficient (Wildman–Crippen LogP) is 0.825. The van der Waals surface area contributed by atoms with Crippen LogP contribution in [0.1, 0.15) is 35.2 Å². The molecule has 5 aliphatic rings. The van der Waals surface area contributed by atoms with Crippen molar-refractivity contribution in [2.75, 3.05) is 31.9 Å². The molecule has 0 radical (unpaired) electrons. The number of piperidine rings is 3. The Bertz CT molecular complexity index is 725. The number of hydrogen-bond donors (Lipinski definition) is 2. The van der Waals surface area contributed by atoms with Gasteiger partial charge in [0.2, 0.25) is 5.91 Å². The summed E-state index contributed by atoms with van der Waals surface area (Å²) in [5, 5.41) is 3.31. The minimum absolute atomic E-state index is 0.0303. The van der Waals surface area contributed by atoms with Crippen LogP contribution in [0, 0.1) is 11.8 Å². The summed E-state index contributed by atoms with van der Waals surface area (Å²) in [5.41, 5.74) is 7.97. The van der Waals surface area contributed by atoms with Crippen LogP contribution in [0.4, 0.5) is 5.69 Å². The lowest BCUT2D eigenvalue weighted by Gasteiger charge is -2.58. The van der Waals surface area contributed by atoms with Gasteiger partial charge in [-0.15, -0.1) is 0 Å². The van der Waals surface area contributed by atoms with Crippen molar-refractivity contribution in [3.63, 3.8) is 0 Å². The first kappa shape index (κ1) is 15.2. The molecule has 1 aromatic carbocycles. The summed E-state index contributed by atoms with van der Waals surface area (Å²) in [5.74, 6) is 1.35. The van der Waals surface area contributed by atoms with Gasteiger partial charge in [-0.1, -0.05) is 0 Å². The van der Waals surface area contributed by atoms with Gasteiger partial charge in [-0.2, -0.15) is 0 Å². The van der Waals surface area contributed by atoms with Crippen LogP contribution in [0.2, 0.25) is 0 Å². The molecule has 25 heavy (non-hydrogen) atoms. The molecule has 6 rings (SSSR count). The molecule has 3 N–H and O–H groups in total. The number of nitrogens with one attached hydrogen (secondary N) is 1. The summed E-state index contributed by atoms with van der Waals surface area (Å²) >= 11 is 0. The number of benzene rings is 1. The largest absolute Gasteiger partial charge is 0.399 e. The molecule has 6 heteroatoms. The number of hydrogen-bond acceptors (Lipinski definition) is 4. The number of carbonyl (C=O) groups is 2. The Morgan fingerprint density at radius 3 is 2.76 bits per heavy atom. The number of nitrogens with zero attached hydrogens (tertiary/aromatic N) is 2. The van der Waals surface area contributed by atoms with E-state index in [9.17, 15) is 9.59 Å². The van der Waals surface area contributed by atoms with Crippen molar-refractivity contribution in [1.29, 1.82) is 0 Å². The van der Waals surface area contributed by atoms with Gasteiger partial charge in [0.1, 0.15) is 6.54 Å². The van der Waals surface area contributed by atoms with Gasteiger partial charge >= 0.3 is 0 Å². The van der Waals surface area contributed by atoms with Crippen molar-refractivity contribution in [3.05, 3.63) is 29.3 Å². The van der Waals surface area contributed by atoms with E-state index in [1.165, 1.54) is 19.5 Å². The number of amides is 2. The lowest BCUT2D eigenvalue weighted by atomic mass is 9.64. The van der Waals surface area contributed by atoms with Crippen molar-refractivity contribution in [1.82, 2.24) is 15.1 Å². The third-order valence-electron chi connectivity index (χ3n) is 6.33. The zero-order chi connectivity index (χ0) is 17.2. The molecule has 1 saturated carbocycles. The van der Waals surface area contributed by atoms with Gasteiger partial charge in [-0.25, -0.2) is 0 Å². The molecule has 3 saturated heterocycles. The summed E-state index contributed by atoms with van der Waals surface area (Å²) in [4.78, 5) is 29.3. The third kappa shape index (κ3) is 2.51. The molecule has 1 aromatic rings. The Kier molecular flexibility index (Phi) is 3.17. The van der Waals surface area contributed by atoms with Gasteiger partial charge < -0.3 is 20.9 Å². The van der Waals surface area contributed by atoms with Crippen LogP contribution in [-0.4, -0.2) is 53.3 Å². The van der Waals surface area contributed by atoms with E-state index in [1.54, 1.807) is 17.0 Å². The van der Waals surface area contributed by atoms with Crippen LogP contribution in [0.25, 0.3) is 0 Å². The highest BCUT2D eigenvalue weighted by atomic mass is 16.2. The van der Waals surface area contributed by atoms with Gasteiger partial charge in [0.15, 0.2) is 0 Å². The zero-order valence-corrected chi connectivity index (χ0v) is 14.3. The molecule has 2 amide bonds. The average molecular weight is 340 g/mol. The number of nitrogens with two attached hydrogens (primary N) is 1. The van der Waals surface area contributed by atoms with Crippen LogP contribution < -0.4 is 11.1 Å². The summed E-state index contributed by atoms with van der Waals surface area (Å²) < 4.78 is 0. The number of anilines is 1. The van der Waals surface area contributed by atoms with E-state index in [0.717, 1.165) is 36.8 Å². The molecule has 132 valence electrons. The zero-order valence-electron chi connectivity index (χ0n) is 14.3. The number of nitrogen functional groups attached to an aromatic ring is 1. The van der Waals surface area contributed by atoms with Gasteiger partial charge in [-0.3, -0.25) is 9.59 Å². The molecule has 2 unspecified atom stereocenters. The molecule has 0 aromatic heterocycles. The molecular weight excluding hydrogens is 316 g/mol. The fourth-order valence-electron chi connectivity index (χ4n) is 5.77. The fraction of sp³-hybridized carbons (Fsp3) is 0.579. The maximum Gasteiger partial charge on any atom is 0.254 e. The Hall–Kier alpha value is -2.08. The standard InChI is InChI=1S/C19H24N4O2/c20-15-1-2-16-14(4-15)9-23(18(16)25)10-17(24)21-19-5-12-3-13(6-19)8-22(7-12)11-19/h1-2,4,12-13H,3,5-11,20H2,(H,21,24). The second-order valence-corrected chi connectivity index (χ2v) is 8.48. The summed E-state index contributed by atoms with van der Waals surface area (Å²) in [6.45, 7) is 3.95. The molecule has 4 heterocycles. The summed E-state index contributed by atoms with van der Waals surface area (Å²) in [7, 11) is 0. The maximum atomic E-state index is 12.7. The predicted molar refractivity (Wildman–Crippen MR) is 93.7 cm³/mol. The minimum atomic E-state index is -0.0700. The van der Waals surface area contributed by atoms with Gasteiger partial charge in [0.05, 0.1) is 5.54 Å². The van der Waals surface area contributed by atoms with E-state index in [4.69, 9.17) is 5.73 Å². The molecule has 1 aliphatic carbocycles.